The minimum absolute atomic E-state index is 0.192. The Balaban J connectivity index is 1.47. The number of aryl methyl sites for hydroxylation is 1. The lowest BCUT2D eigenvalue weighted by Crippen LogP contribution is -2.09. The average Bonchev–Trinajstić information content (AvgIpc) is 3.11. The number of fused-ring (bicyclic) bond motifs is 1. The lowest BCUT2D eigenvalue weighted by Gasteiger charge is -2.11. The normalized spacial score (nSPS) is 10.8. The molecule has 0 aliphatic carbocycles. The number of H-pyrrole nitrogens is 1. The Morgan fingerprint density at radius 1 is 1.07 bits per heavy atom. The largest absolute Gasteiger partial charge is 0.478 e. The van der Waals surface area contributed by atoms with Crippen LogP contribution in [0.5, 0.6) is 0 Å². The van der Waals surface area contributed by atoms with Crippen molar-refractivity contribution in [2.45, 2.75) is 13.3 Å². The summed E-state index contributed by atoms with van der Waals surface area (Å²) in [7, 11) is 0. The van der Waals surface area contributed by atoms with Crippen molar-refractivity contribution in [2.24, 2.45) is 0 Å². The van der Waals surface area contributed by atoms with Crippen LogP contribution in [0.4, 0.5) is 17.3 Å². The van der Waals surface area contributed by atoms with Crippen LogP contribution in [-0.4, -0.2) is 32.6 Å². The Kier molecular flexibility index (Phi) is 5.11. The van der Waals surface area contributed by atoms with E-state index in [4.69, 9.17) is 0 Å². The van der Waals surface area contributed by atoms with E-state index in [9.17, 15) is 9.90 Å². The number of para-hydroxylation sites is 2. The van der Waals surface area contributed by atoms with E-state index in [0.29, 0.717) is 29.7 Å². The molecule has 7 nitrogen and oxygen atoms in total. The monoisotopic (exact) mass is 387 g/mol. The third kappa shape index (κ3) is 4.19. The lowest BCUT2D eigenvalue weighted by atomic mass is 10.1. The van der Waals surface area contributed by atoms with Gasteiger partial charge in [-0.3, -0.25) is 0 Å². The summed E-state index contributed by atoms with van der Waals surface area (Å²) in [5.74, 6) is 0.835. The maximum absolute atomic E-state index is 11.4. The third-order valence-electron chi connectivity index (χ3n) is 4.63. The van der Waals surface area contributed by atoms with Gasteiger partial charge in [0.25, 0.3) is 0 Å². The Morgan fingerprint density at radius 3 is 2.69 bits per heavy atom. The van der Waals surface area contributed by atoms with Crippen LogP contribution in [0.25, 0.3) is 10.9 Å². The molecule has 0 bridgehead atoms. The molecular weight excluding hydrogens is 366 g/mol. The molecule has 0 saturated heterocycles. The zero-order valence-electron chi connectivity index (χ0n) is 15.9. The number of benzene rings is 2. The lowest BCUT2D eigenvalue weighted by molar-refractivity contribution is 0.0698. The molecule has 2 heterocycles. The van der Waals surface area contributed by atoms with Crippen LogP contribution in [0, 0.1) is 6.92 Å². The highest BCUT2D eigenvalue weighted by Gasteiger charge is 2.11. The Bertz CT molecular complexity index is 1170. The van der Waals surface area contributed by atoms with Crippen LogP contribution in [0.1, 0.15) is 21.7 Å². The van der Waals surface area contributed by atoms with E-state index in [-0.39, 0.29) is 5.56 Å². The van der Waals surface area contributed by atoms with Crippen molar-refractivity contribution in [2.75, 3.05) is 17.2 Å². The number of nitrogens with one attached hydrogen (secondary N) is 3. The highest BCUT2D eigenvalue weighted by Crippen LogP contribution is 2.22. The van der Waals surface area contributed by atoms with E-state index in [1.165, 1.54) is 10.9 Å². The Labute approximate surface area is 167 Å². The van der Waals surface area contributed by atoms with E-state index in [2.05, 4.69) is 37.7 Å². The van der Waals surface area contributed by atoms with Crippen molar-refractivity contribution in [1.29, 1.82) is 0 Å². The number of aromatic carboxylic acids is 1. The number of aromatic nitrogens is 3. The molecule has 146 valence electrons. The molecule has 4 rings (SSSR count). The fourth-order valence-electron chi connectivity index (χ4n) is 3.30. The number of rotatable bonds is 7. The van der Waals surface area contributed by atoms with Gasteiger partial charge >= 0.3 is 5.97 Å². The molecule has 0 unspecified atom stereocenters. The fourth-order valence-corrected chi connectivity index (χ4v) is 3.30. The van der Waals surface area contributed by atoms with Gasteiger partial charge in [-0.1, -0.05) is 30.3 Å². The second-order valence-electron chi connectivity index (χ2n) is 6.70. The number of nitrogens with zero attached hydrogens (tertiary/aromatic N) is 2. The number of hydrogen-bond acceptors (Lipinski definition) is 5. The molecule has 0 aliphatic rings. The summed E-state index contributed by atoms with van der Waals surface area (Å²) in [6.07, 6.45) is 2.88. The van der Waals surface area contributed by atoms with Gasteiger partial charge in [0.2, 0.25) is 0 Å². The average molecular weight is 387 g/mol. The highest BCUT2D eigenvalue weighted by molar-refractivity contribution is 5.95. The van der Waals surface area contributed by atoms with Gasteiger partial charge in [-0.05, 0) is 37.1 Å². The highest BCUT2D eigenvalue weighted by atomic mass is 16.4. The molecule has 0 saturated carbocycles. The number of aromatic amines is 1. The Hall–Kier alpha value is -3.87. The van der Waals surface area contributed by atoms with Crippen LogP contribution in [0.15, 0.2) is 60.8 Å². The molecule has 7 heteroatoms. The van der Waals surface area contributed by atoms with E-state index < -0.39 is 5.97 Å². The number of carboxylic acids is 1. The molecule has 4 N–H and O–H groups in total. The van der Waals surface area contributed by atoms with Crippen LogP contribution >= 0.6 is 0 Å². The molecule has 0 aliphatic heterocycles. The summed E-state index contributed by atoms with van der Waals surface area (Å²) >= 11 is 0. The van der Waals surface area contributed by atoms with E-state index in [1.807, 2.05) is 18.3 Å². The van der Waals surface area contributed by atoms with Crippen LogP contribution in [-0.2, 0) is 6.42 Å². The predicted molar refractivity (Wildman–Crippen MR) is 114 cm³/mol. The minimum atomic E-state index is -0.990. The van der Waals surface area contributed by atoms with Crippen molar-refractivity contribution < 1.29 is 9.90 Å². The predicted octanol–water partition coefficient (Wildman–Crippen LogP) is 4.36. The van der Waals surface area contributed by atoms with Gasteiger partial charge in [0.05, 0.1) is 11.3 Å². The van der Waals surface area contributed by atoms with E-state index in [0.717, 1.165) is 11.9 Å². The van der Waals surface area contributed by atoms with Gasteiger partial charge in [0.1, 0.15) is 17.5 Å². The number of hydrogen-bond donors (Lipinski definition) is 4. The zero-order chi connectivity index (χ0) is 20.2. The first-order chi connectivity index (χ1) is 14.1. The molecule has 2 aromatic heterocycles. The maximum Gasteiger partial charge on any atom is 0.337 e. The molecule has 0 fully saturated rings. The van der Waals surface area contributed by atoms with Crippen LogP contribution < -0.4 is 10.6 Å². The quantitative estimate of drug-likeness (QED) is 0.376. The summed E-state index contributed by atoms with van der Waals surface area (Å²) < 4.78 is 0. The topological polar surface area (TPSA) is 103 Å². The first kappa shape index (κ1) is 18.5. The molecule has 0 amide bonds. The standard InChI is InChI=1S/C22H21N5O2/c1-14-25-20(23-11-10-15-13-24-18-8-4-2-6-16(15)18)12-21(26-14)27-19-9-5-3-7-17(19)22(28)29/h2-9,12-13,24H,10-11H2,1H3,(H,28,29)(H2,23,25,26,27). The summed E-state index contributed by atoms with van der Waals surface area (Å²) in [5.41, 5.74) is 3.05. The van der Waals surface area contributed by atoms with Gasteiger partial charge in [0, 0.05) is 29.7 Å². The van der Waals surface area contributed by atoms with Gasteiger partial charge in [0.15, 0.2) is 0 Å². The number of carboxylic acid groups (broad SMARTS) is 1. The summed E-state index contributed by atoms with van der Waals surface area (Å²) in [6.45, 7) is 2.52. The minimum Gasteiger partial charge on any atom is -0.478 e. The van der Waals surface area contributed by atoms with Crippen LogP contribution in [0.3, 0.4) is 0 Å². The fraction of sp³-hybridized carbons (Fsp3) is 0.136. The molecule has 0 radical (unpaired) electrons. The summed E-state index contributed by atoms with van der Waals surface area (Å²) in [4.78, 5) is 23.5. The first-order valence-corrected chi connectivity index (χ1v) is 9.34. The van der Waals surface area contributed by atoms with E-state index in [1.54, 1.807) is 37.3 Å². The molecular formula is C22H21N5O2. The van der Waals surface area contributed by atoms with Crippen molar-refractivity contribution in [1.82, 2.24) is 15.0 Å². The van der Waals surface area contributed by atoms with Gasteiger partial charge in [-0.25, -0.2) is 14.8 Å². The second-order valence-corrected chi connectivity index (χ2v) is 6.70. The molecule has 0 spiro atoms. The van der Waals surface area contributed by atoms with E-state index >= 15 is 0 Å². The van der Waals surface area contributed by atoms with Crippen molar-refractivity contribution >= 4 is 34.2 Å². The Morgan fingerprint density at radius 2 is 1.83 bits per heavy atom. The van der Waals surface area contributed by atoms with Crippen molar-refractivity contribution in [3.05, 3.63) is 77.7 Å². The summed E-state index contributed by atoms with van der Waals surface area (Å²) in [5, 5.41) is 17.0. The summed E-state index contributed by atoms with van der Waals surface area (Å²) in [6, 6.07) is 16.7. The zero-order valence-corrected chi connectivity index (χ0v) is 15.9. The molecule has 4 aromatic rings. The molecule has 0 atom stereocenters. The smallest absolute Gasteiger partial charge is 0.337 e. The van der Waals surface area contributed by atoms with Gasteiger partial charge < -0.3 is 20.7 Å². The number of carbonyl (C=O) groups is 1. The van der Waals surface area contributed by atoms with Crippen molar-refractivity contribution in [3.63, 3.8) is 0 Å². The SMILES string of the molecule is Cc1nc(NCCc2c[nH]c3ccccc23)cc(Nc2ccccc2C(=O)O)n1. The molecule has 29 heavy (non-hydrogen) atoms. The third-order valence-corrected chi connectivity index (χ3v) is 4.63. The number of anilines is 3. The van der Waals surface area contributed by atoms with Gasteiger partial charge in [-0.2, -0.15) is 0 Å². The maximum atomic E-state index is 11.4. The first-order valence-electron chi connectivity index (χ1n) is 9.34. The van der Waals surface area contributed by atoms with Crippen molar-refractivity contribution in [3.8, 4) is 0 Å². The van der Waals surface area contributed by atoms with Crippen LogP contribution in [0.2, 0.25) is 0 Å². The second kappa shape index (κ2) is 8.02. The molecule has 2 aromatic carbocycles. The van der Waals surface area contributed by atoms with Gasteiger partial charge in [-0.15, -0.1) is 0 Å².